The molecule has 9 heteroatoms. The van der Waals surface area contributed by atoms with Gasteiger partial charge in [0.15, 0.2) is 0 Å². The van der Waals surface area contributed by atoms with Gasteiger partial charge in [0, 0.05) is 42.3 Å². The van der Waals surface area contributed by atoms with Gasteiger partial charge in [-0.2, -0.15) is 0 Å². The second kappa shape index (κ2) is 10.1. The number of urea groups is 1. The first-order valence-corrected chi connectivity index (χ1v) is 10.9. The third-order valence-electron chi connectivity index (χ3n) is 6.67. The highest BCUT2D eigenvalue weighted by Crippen LogP contribution is 2.41. The number of amides is 2. The molecule has 0 radical (unpaired) electrons. The Morgan fingerprint density at radius 1 is 1.25 bits per heavy atom. The highest BCUT2D eigenvalue weighted by molar-refractivity contribution is 6.30. The largest absolute Gasteiger partial charge is 0.465 e. The number of pyridine rings is 1. The summed E-state index contributed by atoms with van der Waals surface area (Å²) >= 11 is 6.21. The zero-order valence-corrected chi connectivity index (χ0v) is 19.6. The fraction of sp³-hybridized carbons (Fsp3) is 0.435. The third kappa shape index (κ3) is 4.56. The van der Waals surface area contributed by atoms with Crippen molar-refractivity contribution in [3.05, 3.63) is 58.7 Å². The second-order valence-corrected chi connectivity index (χ2v) is 8.69. The van der Waals surface area contributed by atoms with Crippen molar-refractivity contribution in [3.63, 3.8) is 0 Å². The summed E-state index contributed by atoms with van der Waals surface area (Å²) in [5, 5.41) is 0.725. The van der Waals surface area contributed by atoms with Crippen LogP contribution in [0.15, 0.2) is 42.6 Å². The first-order chi connectivity index (χ1) is 15.0. The summed E-state index contributed by atoms with van der Waals surface area (Å²) in [5.74, 6) is 0.102. The number of nitrogens with two attached hydrogens (primary N) is 1. The number of aromatic nitrogens is 1. The van der Waals surface area contributed by atoms with Crippen LogP contribution in [0.4, 0.5) is 10.6 Å². The van der Waals surface area contributed by atoms with Crippen LogP contribution in [0.2, 0.25) is 5.02 Å². The van der Waals surface area contributed by atoms with Gasteiger partial charge in [0.1, 0.15) is 5.82 Å². The summed E-state index contributed by atoms with van der Waals surface area (Å²) in [7, 11) is 1.33. The molecule has 1 aromatic heterocycles. The number of hydrogen-bond acceptors (Lipinski definition) is 5. The van der Waals surface area contributed by atoms with Gasteiger partial charge in [-0.1, -0.05) is 23.7 Å². The van der Waals surface area contributed by atoms with Crippen LogP contribution >= 0.6 is 24.0 Å². The van der Waals surface area contributed by atoms with Crippen molar-refractivity contribution in [1.29, 1.82) is 0 Å². The van der Waals surface area contributed by atoms with Gasteiger partial charge >= 0.3 is 12.0 Å². The molecule has 4 rings (SSSR count). The molecule has 2 N–H and O–H groups in total. The molecule has 2 amide bonds. The molecule has 1 aliphatic heterocycles. The molecule has 0 atom stereocenters. The first kappa shape index (κ1) is 24.3. The number of halogens is 2. The maximum atomic E-state index is 13.1. The molecule has 2 aliphatic rings. The molecular weight excluding hydrogens is 451 g/mol. The Bertz CT molecular complexity index is 962. The highest BCUT2D eigenvalue weighted by Gasteiger charge is 2.41. The maximum absolute atomic E-state index is 13.1. The van der Waals surface area contributed by atoms with Crippen LogP contribution in [0.3, 0.4) is 0 Å². The Hall–Kier alpha value is -2.35. The molecule has 2 fully saturated rings. The highest BCUT2D eigenvalue weighted by atomic mass is 35.5. The lowest BCUT2D eigenvalue weighted by Crippen LogP contribution is -2.47. The fourth-order valence-electron chi connectivity index (χ4n) is 4.79. The molecular formula is C23H28Cl2N4O3. The number of esters is 1. The number of carbonyl (C=O) groups excluding carboxylic acids is 2. The number of anilines is 1. The normalized spacial score (nSPS) is 23.1. The zero-order chi connectivity index (χ0) is 22.0. The SMILES string of the molecule is COC(=O)c1ccc(N2CCN([C@H]3CC[C@@](CN)(c4cccc(Cl)c4)CC3)C2=O)nc1.Cl. The minimum Gasteiger partial charge on any atom is -0.465 e. The standard InChI is InChI=1S/C23H27ClN4O3.ClH/c1-31-21(29)16-5-6-20(26-14-16)28-12-11-27(22(28)30)19-7-9-23(15-25,10-8-19)17-3-2-4-18(24)13-17;/h2-6,13-14,19H,7-12,15,25H2,1H3;1H/t19-,23+;. The summed E-state index contributed by atoms with van der Waals surface area (Å²) < 4.78 is 4.70. The number of rotatable bonds is 5. The third-order valence-corrected chi connectivity index (χ3v) is 6.90. The molecule has 0 bridgehead atoms. The summed E-state index contributed by atoms with van der Waals surface area (Å²) in [5.41, 5.74) is 7.67. The van der Waals surface area contributed by atoms with Crippen LogP contribution in [-0.2, 0) is 10.2 Å². The minimum absolute atomic E-state index is 0. The van der Waals surface area contributed by atoms with E-state index in [-0.39, 0.29) is 29.9 Å². The number of nitrogens with zero attached hydrogens (tertiary/aromatic N) is 3. The maximum Gasteiger partial charge on any atom is 0.339 e. The summed E-state index contributed by atoms with van der Waals surface area (Å²) in [6.45, 7) is 1.81. The number of methoxy groups -OCH3 is 1. The van der Waals surface area contributed by atoms with Crippen LogP contribution in [0, 0.1) is 0 Å². The Morgan fingerprint density at radius 3 is 2.59 bits per heavy atom. The van der Waals surface area contributed by atoms with E-state index in [0.29, 0.717) is 31.0 Å². The lowest BCUT2D eigenvalue weighted by atomic mass is 9.68. The average molecular weight is 479 g/mol. The van der Waals surface area contributed by atoms with E-state index in [1.54, 1.807) is 17.0 Å². The molecule has 0 unspecified atom stereocenters. The van der Waals surface area contributed by atoms with E-state index in [9.17, 15) is 9.59 Å². The van der Waals surface area contributed by atoms with Gasteiger partial charge < -0.3 is 15.4 Å². The topological polar surface area (TPSA) is 88.8 Å². The van der Waals surface area contributed by atoms with E-state index < -0.39 is 5.97 Å². The van der Waals surface area contributed by atoms with Gasteiger partial charge in [-0.15, -0.1) is 12.4 Å². The lowest BCUT2D eigenvalue weighted by Gasteiger charge is -2.42. The van der Waals surface area contributed by atoms with Crippen LogP contribution in [0.5, 0.6) is 0 Å². The Labute approximate surface area is 199 Å². The molecule has 2 heterocycles. The molecule has 32 heavy (non-hydrogen) atoms. The van der Waals surface area contributed by atoms with E-state index in [4.69, 9.17) is 22.1 Å². The van der Waals surface area contributed by atoms with Gasteiger partial charge in [0.05, 0.1) is 12.7 Å². The minimum atomic E-state index is -0.446. The van der Waals surface area contributed by atoms with Crippen molar-refractivity contribution in [2.45, 2.75) is 37.1 Å². The predicted molar refractivity (Wildman–Crippen MR) is 127 cm³/mol. The van der Waals surface area contributed by atoms with Crippen LogP contribution in [0.25, 0.3) is 0 Å². The number of ether oxygens (including phenoxy) is 1. The van der Waals surface area contributed by atoms with E-state index in [1.807, 2.05) is 23.1 Å². The van der Waals surface area contributed by atoms with Crippen molar-refractivity contribution >= 4 is 41.8 Å². The molecule has 0 spiro atoms. The Morgan fingerprint density at radius 2 is 2.00 bits per heavy atom. The van der Waals surface area contributed by atoms with Crippen molar-refractivity contribution in [2.24, 2.45) is 5.73 Å². The molecule has 1 saturated heterocycles. The Kier molecular flexibility index (Phi) is 7.64. The summed E-state index contributed by atoms with van der Waals surface area (Å²) in [6.07, 6.45) is 5.09. The quantitative estimate of drug-likeness (QED) is 0.655. The van der Waals surface area contributed by atoms with Gasteiger partial charge in [0.2, 0.25) is 0 Å². The van der Waals surface area contributed by atoms with E-state index in [2.05, 4.69) is 11.1 Å². The number of hydrogen-bond donors (Lipinski definition) is 1. The van der Waals surface area contributed by atoms with Crippen LogP contribution in [-0.4, -0.2) is 54.7 Å². The van der Waals surface area contributed by atoms with Crippen molar-refractivity contribution in [3.8, 4) is 0 Å². The van der Waals surface area contributed by atoms with Crippen LogP contribution < -0.4 is 10.6 Å². The number of benzene rings is 1. The number of carbonyl (C=O) groups is 2. The van der Waals surface area contributed by atoms with E-state index in [0.717, 1.165) is 30.7 Å². The average Bonchev–Trinajstić information content (AvgIpc) is 3.20. The fourth-order valence-corrected chi connectivity index (χ4v) is 4.98. The van der Waals surface area contributed by atoms with Gasteiger partial charge in [0.25, 0.3) is 0 Å². The zero-order valence-electron chi connectivity index (χ0n) is 18.0. The second-order valence-electron chi connectivity index (χ2n) is 8.25. The smallest absolute Gasteiger partial charge is 0.339 e. The van der Waals surface area contributed by atoms with Gasteiger partial charge in [-0.3, -0.25) is 4.90 Å². The molecule has 1 aromatic carbocycles. The van der Waals surface area contributed by atoms with E-state index >= 15 is 0 Å². The summed E-state index contributed by atoms with van der Waals surface area (Å²) in [4.78, 5) is 32.6. The molecule has 1 saturated carbocycles. The molecule has 172 valence electrons. The predicted octanol–water partition coefficient (Wildman–Crippen LogP) is 4.02. The molecule has 7 nitrogen and oxygen atoms in total. The molecule has 2 aromatic rings. The lowest BCUT2D eigenvalue weighted by molar-refractivity contribution is 0.0600. The molecule has 1 aliphatic carbocycles. The van der Waals surface area contributed by atoms with Crippen molar-refractivity contribution < 1.29 is 14.3 Å². The first-order valence-electron chi connectivity index (χ1n) is 10.6. The van der Waals surface area contributed by atoms with Crippen molar-refractivity contribution in [2.75, 3.05) is 31.6 Å². The van der Waals surface area contributed by atoms with Gasteiger partial charge in [-0.05, 0) is 55.5 Å². The van der Waals surface area contributed by atoms with Gasteiger partial charge in [-0.25, -0.2) is 14.6 Å². The van der Waals surface area contributed by atoms with E-state index in [1.165, 1.54) is 18.9 Å². The van der Waals surface area contributed by atoms with Crippen molar-refractivity contribution in [1.82, 2.24) is 9.88 Å². The Balaban J connectivity index is 0.00000289. The van der Waals surface area contributed by atoms with Crippen LogP contribution in [0.1, 0.15) is 41.6 Å². The summed E-state index contributed by atoms with van der Waals surface area (Å²) in [6, 6.07) is 11.4. The monoisotopic (exact) mass is 478 g/mol.